The second-order valence-electron chi connectivity index (χ2n) is 6.32. The highest BCUT2D eigenvalue weighted by Crippen LogP contribution is 2.29. The van der Waals surface area contributed by atoms with Gasteiger partial charge in [0.2, 0.25) is 0 Å². The Morgan fingerprint density at radius 1 is 1.33 bits per heavy atom. The highest BCUT2D eigenvalue weighted by atomic mass is 32.2. The maximum atomic E-state index is 11.8. The topological polar surface area (TPSA) is 50.4 Å². The van der Waals surface area contributed by atoms with Crippen molar-refractivity contribution in [2.45, 2.75) is 51.0 Å². The molecule has 2 rings (SSSR count). The van der Waals surface area contributed by atoms with Crippen molar-refractivity contribution in [3.8, 4) is 0 Å². The highest BCUT2D eigenvalue weighted by molar-refractivity contribution is 8.00. The van der Waals surface area contributed by atoms with Crippen molar-refractivity contribution in [3.63, 3.8) is 0 Å². The van der Waals surface area contributed by atoms with Crippen LogP contribution in [0.15, 0.2) is 24.3 Å². The molecular formula is C16H24N2O2S. The fourth-order valence-electron chi connectivity index (χ4n) is 2.24. The molecule has 1 fully saturated rings. The molecule has 1 saturated heterocycles. The predicted octanol–water partition coefficient (Wildman–Crippen LogP) is 4.34. The smallest absolute Gasteiger partial charge is 0.412 e. The van der Waals surface area contributed by atoms with Crippen LogP contribution in [0.5, 0.6) is 0 Å². The summed E-state index contributed by atoms with van der Waals surface area (Å²) in [6.07, 6.45) is 0.750. The summed E-state index contributed by atoms with van der Waals surface area (Å²) >= 11 is 1.99. The zero-order valence-electron chi connectivity index (χ0n) is 13.1. The van der Waals surface area contributed by atoms with Crippen LogP contribution >= 0.6 is 11.8 Å². The average Bonchev–Trinajstić information content (AvgIpc) is 2.73. The van der Waals surface area contributed by atoms with E-state index in [0.29, 0.717) is 11.3 Å². The van der Waals surface area contributed by atoms with Crippen LogP contribution in [0, 0.1) is 0 Å². The van der Waals surface area contributed by atoms with Gasteiger partial charge in [-0.05, 0) is 51.1 Å². The SMILES string of the molecule is CC1SCCC1Nc1cccc(NC(=O)OC(C)(C)C)c1. The van der Waals surface area contributed by atoms with Crippen molar-refractivity contribution in [2.75, 3.05) is 16.4 Å². The van der Waals surface area contributed by atoms with Crippen LogP contribution in [0.25, 0.3) is 0 Å². The van der Waals surface area contributed by atoms with E-state index in [1.165, 1.54) is 12.2 Å². The van der Waals surface area contributed by atoms with Gasteiger partial charge in [0.25, 0.3) is 0 Å². The number of ether oxygens (including phenoxy) is 1. The maximum absolute atomic E-state index is 11.8. The van der Waals surface area contributed by atoms with Gasteiger partial charge in [0.1, 0.15) is 5.60 Å². The van der Waals surface area contributed by atoms with Gasteiger partial charge in [-0.1, -0.05) is 13.0 Å². The monoisotopic (exact) mass is 308 g/mol. The molecule has 2 unspecified atom stereocenters. The average molecular weight is 308 g/mol. The molecule has 0 bridgehead atoms. The zero-order chi connectivity index (χ0) is 15.5. The number of anilines is 2. The quantitative estimate of drug-likeness (QED) is 0.872. The van der Waals surface area contributed by atoms with Crippen molar-refractivity contribution in [2.24, 2.45) is 0 Å². The lowest BCUT2D eigenvalue weighted by Gasteiger charge is -2.20. The van der Waals surface area contributed by atoms with Crippen molar-refractivity contribution < 1.29 is 9.53 Å². The Bertz CT molecular complexity index is 499. The van der Waals surface area contributed by atoms with Crippen LogP contribution in [0.3, 0.4) is 0 Å². The summed E-state index contributed by atoms with van der Waals surface area (Å²) in [7, 11) is 0. The second kappa shape index (κ2) is 6.60. The van der Waals surface area contributed by atoms with Crippen molar-refractivity contribution in [1.82, 2.24) is 0 Å². The zero-order valence-corrected chi connectivity index (χ0v) is 13.9. The Labute approximate surface area is 131 Å². The molecule has 0 saturated carbocycles. The Morgan fingerprint density at radius 3 is 2.67 bits per heavy atom. The van der Waals surface area contributed by atoms with Gasteiger partial charge in [-0.3, -0.25) is 5.32 Å². The van der Waals surface area contributed by atoms with E-state index in [1.54, 1.807) is 0 Å². The summed E-state index contributed by atoms with van der Waals surface area (Å²) in [6.45, 7) is 7.80. The first-order chi connectivity index (χ1) is 9.83. The third-order valence-corrected chi connectivity index (χ3v) is 4.56. The Balaban J connectivity index is 1.96. The van der Waals surface area contributed by atoms with Gasteiger partial charge in [0.05, 0.1) is 0 Å². The highest BCUT2D eigenvalue weighted by Gasteiger charge is 2.23. The lowest BCUT2D eigenvalue weighted by molar-refractivity contribution is 0.0636. The van der Waals surface area contributed by atoms with Crippen LogP contribution in [-0.2, 0) is 4.74 Å². The van der Waals surface area contributed by atoms with Gasteiger partial charge in [-0.2, -0.15) is 11.8 Å². The van der Waals surface area contributed by atoms with E-state index in [-0.39, 0.29) is 0 Å². The molecule has 0 radical (unpaired) electrons. The summed E-state index contributed by atoms with van der Waals surface area (Å²) in [5, 5.41) is 6.93. The standard InChI is InChI=1S/C16H24N2O2S/c1-11-14(8-9-21-11)17-12-6-5-7-13(10-12)18-15(19)20-16(2,3)4/h5-7,10-11,14,17H,8-9H2,1-4H3,(H,18,19). The summed E-state index contributed by atoms with van der Waals surface area (Å²) in [5.74, 6) is 1.20. The molecule has 0 aliphatic carbocycles. The van der Waals surface area contributed by atoms with Crippen LogP contribution in [0.1, 0.15) is 34.1 Å². The van der Waals surface area contributed by atoms with E-state index < -0.39 is 11.7 Å². The Hall–Kier alpha value is -1.36. The molecule has 2 atom stereocenters. The largest absolute Gasteiger partial charge is 0.444 e. The number of amides is 1. The van der Waals surface area contributed by atoms with Gasteiger partial charge in [-0.25, -0.2) is 4.79 Å². The van der Waals surface area contributed by atoms with E-state index in [2.05, 4.69) is 17.6 Å². The third-order valence-electron chi connectivity index (χ3n) is 3.24. The molecule has 1 heterocycles. The molecule has 21 heavy (non-hydrogen) atoms. The summed E-state index contributed by atoms with van der Waals surface area (Å²) in [5.41, 5.74) is 1.28. The van der Waals surface area contributed by atoms with Gasteiger partial charge < -0.3 is 10.1 Å². The lowest BCUT2D eigenvalue weighted by Crippen LogP contribution is -2.27. The first kappa shape index (κ1) is 16.0. The van der Waals surface area contributed by atoms with Gasteiger partial charge in [0.15, 0.2) is 0 Å². The minimum Gasteiger partial charge on any atom is -0.444 e. The number of nitrogens with one attached hydrogen (secondary N) is 2. The van der Waals surface area contributed by atoms with E-state index in [1.807, 2.05) is 56.8 Å². The first-order valence-corrected chi connectivity index (χ1v) is 8.36. The number of rotatable bonds is 3. The second-order valence-corrected chi connectivity index (χ2v) is 7.81. The van der Waals surface area contributed by atoms with Crippen molar-refractivity contribution in [1.29, 1.82) is 0 Å². The number of thioether (sulfide) groups is 1. The molecule has 1 aliphatic rings. The van der Waals surface area contributed by atoms with E-state index in [9.17, 15) is 4.79 Å². The number of hydrogen-bond acceptors (Lipinski definition) is 4. The summed E-state index contributed by atoms with van der Waals surface area (Å²) in [6, 6.07) is 8.26. The lowest BCUT2D eigenvalue weighted by atomic mass is 10.1. The number of carbonyl (C=O) groups is 1. The number of benzene rings is 1. The molecule has 1 aromatic carbocycles. The third kappa shape index (κ3) is 5.16. The van der Waals surface area contributed by atoms with E-state index >= 15 is 0 Å². The molecule has 0 aromatic heterocycles. The van der Waals surface area contributed by atoms with Crippen LogP contribution in [0.2, 0.25) is 0 Å². The molecule has 1 aliphatic heterocycles. The van der Waals surface area contributed by atoms with Crippen LogP contribution in [-0.4, -0.2) is 28.7 Å². The fraction of sp³-hybridized carbons (Fsp3) is 0.562. The Morgan fingerprint density at radius 2 is 2.05 bits per heavy atom. The van der Waals surface area contributed by atoms with Crippen LogP contribution in [0.4, 0.5) is 16.2 Å². The van der Waals surface area contributed by atoms with Gasteiger partial charge >= 0.3 is 6.09 Å². The van der Waals surface area contributed by atoms with Crippen molar-refractivity contribution in [3.05, 3.63) is 24.3 Å². The Kier molecular flexibility index (Phi) is 5.04. The first-order valence-electron chi connectivity index (χ1n) is 7.32. The normalized spacial score (nSPS) is 21.9. The predicted molar refractivity (Wildman–Crippen MR) is 90.2 cm³/mol. The molecule has 0 spiro atoms. The molecule has 1 amide bonds. The van der Waals surface area contributed by atoms with Crippen LogP contribution < -0.4 is 10.6 Å². The minimum atomic E-state index is -0.490. The summed E-state index contributed by atoms with van der Waals surface area (Å²) in [4.78, 5) is 11.8. The van der Waals surface area contributed by atoms with Gasteiger partial charge in [-0.15, -0.1) is 0 Å². The summed E-state index contributed by atoms with van der Waals surface area (Å²) < 4.78 is 5.26. The molecule has 1 aromatic rings. The minimum absolute atomic E-state index is 0.426. The molecule has 116 valence electrons. The molecule has 5 heteroatoms. The maximum Gasteiger partial charge on any atom is 0.412 e. The number of carbonyl (C=O) groups excluding carboxylic acids is 1. The van der Waals surface area contributed by atoms with E-state index in [4.69, 9.17) is 4.74 Å². The number of hydrogen-bond donors (Lipinski definition) is 2. The molecule has 4 nitrogen and oxygen atoms in total. The van der Waals surface area contributed by atoms with E-state index in [0.717, 1.165) is 11.4 Å². The molecular weight excluding hydrogens is 284 g/mol. The molecule has 2 N–H and O–H groups in total. The van der Waals surface area contributed by atoms with Gasteiger partial charge in [0, 0.05) is 22.7 Å². The fourth-order valence-corrected chi connectivity index (χ4v) is 3.44. The van der Waals surface area contributed by atoms with Crippen molar-refractivity contribution >= 4 is 29.2 Å².